The van der Waals surface area contributed by atoms with Crippen molar-refractivity contribution in [3.63, 3.8) is 0 Å². The number of benzene rings is 2. The normalized spacial score (nSPS) is 11.5. The molecule has 1 aromatic heterocycles. The van der Waals surface area contributed by atoms with Crippen LogP contribution in [0, 0.1) is 5.82 Å². The number of nitrogens with zero attached hydrogens (tertiary/aromatic N) is 1. The molecular formula is C15H13FN2O4S2. The van der Waals surface area contributed by atoms with E-state index in [1.807, 2.05) is 0 Å². The van der Waals surface area contributed by atoms with Gasteiger partial charge >= 0.3 is 0 Å². The van der Waals surface area contributed by atoms with Crippen molar-refractivity contribution in [3.8, 4) is 11.5 Å². The van der Waals surface area contributed by atoms with Gasteiger partial charge < -0.3 is 9.47 Å². The topological polar surface area (TPSA) is 77.5 Å². The molecule has 0 unspecified atom stereocenters. The SMILES string of the molecule is COc1ccc(S(=O)(=O)Nc2nc3ccc(F)cc3s2)c(OC)c1. The first kappa shape index (κ1) is 16.5. The predicted molar refractivity (Wildman–Crippen MR) is 89.9 cm³/mol. The van der Waals surface area contributed by atoms with Gasteiger partial charge in [0.2, 0.25) is 0 Å². The Morgan fingerprint density at radius 2 is 1.92 bits per heavy atom. The fourth-order valence-electron chi connectivity index (χ4n) is 2.11. The molecule has 0 saturated heterocycles. The number of thiazole rings is 1. The van der Waals surface area contributed by atoms with Crippen LogP contribution in [0.5, 0.6) is 11.5 Å². The van der Waals surface area contributed by atoms with Crippen LogP contribution in [-0.2, 0) is 10.0 Å². The largest absolute Gasteiger partial charge is 0.497 e. The third-order valence-corrected chi connectivity index (χ3v) is 5.67. The van der Waals surface area contributed by atoms with E-state index in [9.17, 15) is 12.8 Å². The second kappa shape index (κ2) is 6.25. The zero-order chi connectivity index (χ0) is 17.3. The van der Waals surface area contributed by atoms with Crippen LogP contribution in [0.2, 0.25) is 0 Å². The number of aromatic nitrogens is 1. The van der Waals surface area contributed by atoms with Gasteiger partial charge in [-0.1, -0.05) is 11.3 Å². The van der Waals surface area contributed by atoms with Crippen LogP contribution >= 0.6 is 11.3 Å². The number of anilines is 1. The third kappa shape index (κ3) is 3.13. The fourth-order valence-corrected chi connectivity index (χ4v) is 4.39. The molecule has 0 radical (unpaired) electrons. The van der Waals surface area contributed by atoms with Gasteiger partial charge in [0.1, 0.15) is 22.2 Å². The molecule has 1 heterocycles. The van der Waals surface area contributed by atoms with E-state index in [4.69, 9.17) is 9.47 Å². The number of hydrogen-bond donors (Lipinski definition) is 1. The lowest BCUT2D eigenvalue weighted by Gasteiger charge is -2.11. The Balaban J connectivity index is 1.98. The van der Waals surface area contributed by atoms with Gasteiger partial charge in [-0.05, 0) is 30.3 Å². The lowest BCUT2D eigenvalue weighted by molar-refractivity contribution is 0.386. The maximum absolute atomic E-state index is 13.2. The quantitative estimate of drug-likeness (QED) is 0.748. The van der Waals surface area contributed by atoms with E-state index in [2.05, 4.69) is 9.71 Å². The Bertz CT molecular complexity index is 1000. The van der Waals surface area contributed by atoms with Gasteiger partial charge in [0.25, 0.3) is 10.0 Å². The maximum atomic E-state index is 13.2. The Morgan fingerprint density at radius 1 is 1.12 bits per heavy atom. The molecule has 0 aliphatic heterocycles. The number of hydrogen-bond acceptors (Lipinski definition) is 6. The van der Waals surface area contributed by atoms with Crippen LogP contribution in [0.1, 0.15) is 0 Å². The molecular weight excluding hydrogens is 355 g/mol. The summed E-state index contributed by atoms with van der Waals surface area (Å²) in [6.07, 6.45) is 0. The van der Waals surface area contributed by atoms with Gasteiger partial charge in [-0.25, -0.2) is 17.8 Å². The average Bonchev–Trinajstić information content (AvgIpc) is 2.94. The summed E-state index contributed by atoms with van der Waals surface area (Å²) >= 11 is 1.05. The lowest BCUT2D eigenvalue weighted by atomic mass is 10.3. The van der Waals surface area contributed by atoms with E-state index in [0.717, 1.165) is 11.3 Å². The summed E-state index contributed by atoms with van der Waals surface area (Å²) in [5.41, 5.74) is 0.515. The highest BCUT2D eigenvalue weighted by atomic mass is 32.2. The number of ether oxygens (including phenoxy) is 2. The number of fused-ring (bicyclic) bond motifs is 1. The van der Waals surface area contributed by atoms with Gasteiger partial charge in [-0.2, -0.15) is 0 Å². The zero-order valence-electron chi connectivity index (χ0n) is 12.7. The summed E-state index contributed by atoms with van der Waals surface area (Å²) in [5, 5.41) is 0.147. The lowest BCUT2D eigenvalue weighted by Crippen LogP contribution is -2.14. The van der Waals surface area contributed by atoms with Crippen molar-refractivity contribution in [1.29, 1.82) is 0 Å². The van der Waals surface area contributed by atoms with Crippen molar-refractivity contribution in [1.82, 2.24) is 4.98 Å². The molecule has 2 aromatic carbocycles. The van der Waals surface area contributed by atoms with Crippen LogP contribution in [0.15, 0.2) is 41.3 Å². The maximum Gasteiger partial charge on any atom is 0.267 e. The molecule has 6 nitrogen and oxygen atoms in total. The Labute approximate surface area is 141 Å². The van der Waals surface area contributed by atoms with Gasteiger partial charge in [0.05, 0.1) is 24.4 Å². The van der Waals surface area contributed by atoms with Crippen LogP contribution < -0.4 is 14.2 Å². The molecule has 0 aliphatic rings. The van der Waals surface area contributed by atoms with E-state index >= 15 is 0 Å². The average molecular weight is 368 g/mol. The summed E-state index contributed by atoms with van der Waals surface area (Å²) in [5.74, 6) is 0.215. The minimum atomic E-state index is -3.92. The van der Waals surface area contributed by atoms with Crippen LogP contribution in [0.4, 0.5) is 9.52 Å². The molecule has 0 fully saturated rings. The van der Waals surface area contributed by atoms with Crippen molar-refractivity contribution in [2.45, 2.75) is 4.90 Å². The third-order valence-electron chi connectivity index (χ3n) is 3.23. The molecule has 126 valence electrons. The molecule has 0 bridgehead atoms. The molecule has 0 spiro atoms. The van der Waals surface area contributed by atoms with E-state index in [1.165, 1.54) is 50.6 Å². The summed E-state index contributed by atoms with van der Waals surface area (Å²) in [4.78, 5) is 4.10. The molecule has 3 rings (SSSR count). The van der Waals surface area contributed by atoms with E-state index in [1.54, 1.807) is 0 Å². The summed E-state index contributed by atoms with van der Waals surface area (Å²) in [6, 6.07) is 8.44. The molecule has 0 aliphatic carbocycles. The first-order valence-electron chi connectivity index (χ1n) is 6.74. The minimum absolute atomic E-state index is 0.0452. The molecule has 0 amide bonds. The summed E-state index contributed by atoms with van der Waals surface area (Å²) < 4.78 is 51.5. The number of sulfonamides is 1. The second-order valence-corrected chi connectivity index (χ2v) is 7.43. The van der Waals surface area contributed by atoms with E-state index in [-0.39, 0.29) is 15.8 Å². The standard InChI is InChI=1S/C15H13FN2O4S2/c1-21-10-4-6-14(12(8-10)22-2)24(19,20)18-15-17-11-5-3-9(16)7-13(11)23-15/h3-8H,1-2H3,(H,17,18). The smallest absolute Gasteiger partial charge is 0.267 e. The highest BCUT2D eigenvalue weighted by Gasteiger charge is 2.22. The molecule has 0 atom stereocenters. The first-order valence-corrected chi connectivity index (χ1v) is 9.04. The van der Waals surface area contributed by atoms with Crippen LogP contribution in [0.3, 0.4) is 0 Å². The van der Waals surface area contributed by atoms with Crippen LogP contribution in [0.25, 0.3) is 10.2 Å². The van der Waals surface area contributed by atoms with Crippen LogP contribution in [-0.4, -0.2) is 27.6 Å². The number of methoxy groups -OCH3 is 2. The molecule has 0 saturated carbocycles. The molecule has 9 heteroatoms. The summed E-state index contributed by atoms with van der Waals surface area (Å²) in [7, 11) is -1.07. The van der Waals surface area contributed by atoms with Crippen molar-refractivity contribution < 1.29 is 22.3 Å². The van der Waals surface area contributed by atoms with E-state index in [0.29, 0.717) is 16.0 Å². The first-order chi connectivity index (χ1) is 11.4. The monoisotopic (exact) mass is 368 g/mol. The van der Waals surface area contributed by atoms with Crippen molar-refractivity contribution >= 4 is 36.7 Å². The van der Waals surface area contributed by atoms with Gasteiger partial charge in [0.15, 0.2) is 5.13 Å². The number of nitrogens with one attached hydrogen (secondary N) is 1. The van der Waals surface area contributed by atoms with Crippen molar-refractivity contribution in [3.05, 3.63) is 42.2 Å². The number of halogens is 1. The van der Waals surface area contributed by atoms with Gasteiger partial charge in [0, 0.05) is 6.07 Å². The Kier molecular flexibility index (Phi) is 4.29. The van der Waals surface area contributed by atoms with E-state index < -0.39 is 15.8 Å². The van der Waals surface area contributed by atoms with Gasteiger partial charge in [-0.3, -0.25) is 4.72 Å². The highest BCUT2D eigenvalue weighted by molar-refractivity contribution is 7.93. The van der Waals surface area contributed by atoms with Gasteiger partial charge in [-0.15, -0.1) is 0 Å². The highest BCUT2D eigenvalue weighted by Crippen LogP contribution is 2.32. The number of rotatable bonds is 5. The Morgan fingerprint density at radius 3 is 2.62 bits per heavy atom. The predicted octanol–water partition coefficient (Wildman–Crippen LogP) is 3.25. The van der Waals surface area contributed by atoms with Crippen molar-refractivity contribution in [2.75, 3.05) is 18.9 Å². The molecule has 24 heavy (non-hydrogen) atoms. The zero-order valence-corrected chi connectivity index (χ0v) is 14.4. The molecule has 1 N–H and O–H groups in total. The molecule has 3 aromatic rings. The Hall–Kier alpha value is -2.39. The second-order valence-electron chi connectivity index (χ2n) is 4.75. The summed E-state index contributed by atoms with van der Waals surface area (Å²) in [6.45, 7) is 0. The van der Waals surface area contributed by atoms with Crippen molar-refractivity contribution in [2.24, 2.45) is 0 Å². The minimum Gasteiger partial charge on any atom is -0.497 e. The fraction of sp³-hybridized carbons (Fsp3) is 0.133.